The minimum absolute atomic E-state index is 0.0353. The van der Waals surface area contributed by atoms with Crippen molar-refractivity contribution in [3.63, 3.8) is 0 Å². The number of hydrogen-bond acceptors (Lipinski definition) is 8. The van der Waals surface area contributed by atoms with Crippen LogP contribution in [0.2, 0.25) is 0 Å². The summed E-state index contributed by atoms with van der Waals surface area (Å²) >= 11 is 0. The lowest BCUT2D eigenvalue weighted by molar-refractivity contribution is -0.150. The van der Waals surface area contributed by atoms with Crippen molar-refractivity contribution in [1.29, 1.82) is 0 Å². The standard InChI is InChI=1S/C46H43N3O6/c1-49(44(31-13-6-4-7-14-31)32-15-8-5-9-16-32)48-43(50)30-54-36-23-21-35(22-24-36)46(47,41-26-25-37(52-2)28-42(41)53-3)45(51)55-29-34-18-12-20-39-38-19-11-10-17-33(38)27-40(34)39/h4-26,28,44H,27,29-30,47H2,1-3H3,(H,48,50). The Kier molecular flexibility index (Phi) is 10.9. The molecule has 0 spiro atoms. The van der Waals surface area contributed by atoms with Gasteiger partial charge in [0.1, 0.15) is 23.9 Å². The molecule has 3 N–H and O–H groups in total. The Morgan fingerprint density at radius 2 is 1.38 bits per heavy atom. The van der Waals surface area contributed by atoms with Crippen molar-refractivity contribution >= 4 is 11.9 Å². The van der Waals surface area contributed by atoms with E-state index in [1.54, 1.807) is 54.6 Å². The maximum Gasteiger partial charge on any atom is 0.335 e. The molecule has 0 aliphatic heterocycles. The molecule has 9 nitrogen and oxygen atoms in total. The summed E-state index contributed by atoms with van der Waals surface area (Å²) in [7, 11) is 4.89. The molecule has 6 aromatic rings. The average Bonchev–Trinajstić information content (AvgIpc) is 3.62. The monoisotopic (exact) mass is 733 g/mol. The van der Waals surface area contributed by atoms with E-state index in [2.05, 4.69) is 23.6 Å². The fraction of sp³-hybridized carbons (Fsp3) is 0.174. The molecule has 0 fully saturated rings. The molecule has 0 heterocycles. The van der Waals surface area contributed by atoms with E-state index in [0.717, 1.165) is 34.2 Å². The van der Waals surface area contributed by atoms with Gasteiger partial charge in [-0.15, -0.1) is 0 Å². The SMILES string of the molecule is COc1ccc(C(N)(C(=O)OCc2cccc3c2Cc2ccccc2-3)c2ccc(OCC(=O)NN(C)C(c3ccccc3)c3ccccc3)cc2)c(OC)c1. The summed E-state index contributed by atoms with van der Waals surface area (Å²) in [4.78, 5) is 27.5. The van der Waals surface area contributed by atoms with E-state index < -0.39 is 11.5 Å². The van der Waals surface area contributed by atoms with Gasteiger partial charge >= 0.3 is 5.97 Å². The Morgan fingerprint density at radius 3 is 2.05 bits per heavy atom. The number of ether oxygens (including phenoxy) is 4. The molecule has 0 saturated carbocycles. The molecule has 6 aromatic carbocycles. The summed E-state index contributed by atoms with van der Waals surface area (Å²) in [6, 6.07) is 45.9. The Hall–Kier alpha value is -6.42. The highest BCUT2D eigenvalue weighted by Gasteiger charge is 2.42. The van der Waals surface area contributed by atoms with Crippen LogP contribution in [-0.4, -0.2) is 44.8 Å². The molecule has 1 amide bonds. The second-order valence-corrected chi connectivity index (χ2v) is 13.4. The van der Waals surface area contributed by atoms with Crippen LogP contribution in [0.1, 0.15) is 45.0 Å². The van der Waals surface area contributed by atoms with Crippen LogP contribution in [-0.2, 0) is 32.9 Å². The summed E-state index contributed by atoms with van der Waals surface area (Å²) in [6.45, 7) is -0.207. The van der Waals surface area contributed by atoms with Crippen molar-refractivity contribution in [3.8, 4) is 28.4 Å². The third-order valence-electron chi connectivity index (χ3n) is 10.1. The Morgan fingerprint density at radius 1 is 0.745 bits per heavy atom. The summed E-state index contributed by atoms with van der Waals surface area (Å²) in [5, 5.41) is 1.78. The number of methoxy groups -OCH3 is 2. The Bertz CT molecular complexity index is 2240. The molecule has 55 heavy (non-hydrogen) atoms. The fourth-order valence-corrected chi connectivity index (χ4v) is 7.29. The highest BCUT2D eigenvalue weighted by atomic mass is 16.5. The minimum atomic E-state index is -1.78. The van der Waals surface area contributed by atoms with Gasteiger partial charge in [-0.05, 0) is 75.2 Å². The first-order valence-corrected chi connectivity index (χ1v) is 18.0. The number of benzene rings is 6. The van der Waals surface area contributed by atoms with Crippen LogP contribution in [0.3, 0.4) is 0 Å². The van der Waals surface area contributed by atoms with Crippen LogP contribution in [0.15, 0.2) is 146 Å². The topological polar surface area (TPSA) is 112 Å². The fourth-order valence-electron chi connectivity index (χ4n) is 7.29. The molecular weight excluding hydrogens is 691 g/mol. The molecule has 0 radical (unpaired) electrons. The van der Waals surface area contributed by atoms with Crippen LogP contribution < -0.4 is 25.4 Å². The predicted molar refractivity (Wildman–Crippen MR) is 212 cm³/mol. The van der Waals surface area contributed by atoms with E-state index in [1.165, 1.54) is 18.2 Å². The molecule has 1 unspecified atom stereocenters. The zero-order valence-electron chi connectivity index (χ0n) is 31.0. The van der Waals surface area contributed by atoms with E-state index in [1.807, 2.05) is 92.0 Å². The van der Waals surface area contributed by atoms with Crippen molar-refractivity contribution in [3.05, 3.63) is 185 Å². The molecular formula is C46H43N3O6. The molecule has 1 aliphatic rings. The predicted octanol–water partition coefficient (Wildman–Crippen LogP) is 7.35. The molecule has 0 aromatic heterocycles. The highest BCUT2D eigenvalue weighted by molar-refractivity contribution is 5.88. The maximum atomic E-state index is 14.3. The van der Waals surface area contributed by atoms with Gasteiger partial charge < -0.3 is 24.7 Å². The molecule has 0 saturated heterocycles. The quantitative estimate of drug-likeness (QED) is 0.0882. The molecule has 0 bridgehead atoms. The largest absolute Gasteiger partial charge is 0.497 e. The van der Waals surface area contributed by atoms with Crippen LogP contribution in [0.5, 0.6) is 17.2 Å². The number of esters is 1. The van der Waals surface area contributed by atoms with Crippen molar-refractivity contribution < 1.29 is 28.5 Å². The molecule has 9 heteroatoms. The zero-order valence-corrected chi connectivity index (χ0v) is 31.0. The van der Waals surface area contributed by atoms with Crippen molar-refractivity contribution in [2.24, 2.45) is 5.73 Å². The lowest BCUT2D eigenvalue weighted by Gasteiger charge is -2.30. The number of nitrogens with zero attached hydrogens (tertiary/aromatic N) is 1. The first-order chi connectivity index (χ1) is 26.8. The van der Waals surface area contributed by atoms with Gasteiger partial charge in [0.25, 0.3) is 5.91 Å². The van der Waals surface area contributed by atoms with E-state index in [9.17, 15) is 9.59 Å². The van der Waals surface area contributed by atoms with E-state index in [4.69, 9.17) is 24.7 Å². The number of hydrogen-bond donors (Lipinski definition) is 2. The van der Waals surface area contributed by atoms with Crippen LogP contribution in [0, 0.1) is 0 Å². The number of nitrogens with one attached hydrogen (secondary N) is 1. The number of carbonyl (C=O) groups is 2. The summed E-state index contributed by atoms with van der Waals surface area (Å²) < 4.78 is 23.1. The summed E-state index contributed by atoms with van der Waals surface area (Å²) in [5.74, 6) is 0.328. The first kappa shape index (κ1) is 36.9. The van der Waals surface area contributed by atoms with Crippen molar-refractivity contribution in [2.45, 2.75) is 24.6 Å². The van der Waals surface area contributed by atoms with Gasteiger partial charge in [0, 0.05) is 18.7 Å². The van der Waals surface area contributed by atoms with E-state index >= 15 is 0 Å². The Labute approximate surface area is 321 Å². The second-order valence-electron chi connectivity index (χ2n) is 13.4. The van der Waals surface area contributed by atoms with Gasteiger partial charge in [-0.3, -0.25) is 10.2 Å². The normalized spacial score (nSPS) is 12.7. The molecule has 7 rings (SSSR count). The lowest BCUT2D eigenvalue weighted by atomic mass is 9.83. The van der Waals surface area contributed by atoms with E-state index in [0.29, 0.717) is 28.4 Å². The van der Waals surface area contributed by atoms with Crippen molar-refractivity contribution in [1.82, 2.24) is 10.4 Å². The van der Waals surface area contributed by atoms with Gasteiger partial charge in [-0.25, -0.2) is 9.80 Å². The number of hydrazine groups is 1. The highest BCUT2D eigenvalue weighted by Crippen LogP contribution is 2.40. The smallest absolute Gasteiger partial charge is 0.335 e. The number of carbonyl (C=O) groups excluding carboxylic acids is 2. The van der Waals surface area contributed by atoms with Gasteiger partial charge in [0.15, 0.2) is 12.1 Å². The second kappa shape index (κ2) is 16.3. The van der Waals surface area contributed by atoms with E-state index in [-0.39, 0.29) is 25.2 Å². The summed E-state index contributed by atoms with van der Waals surface area (Å²) in [5.41, 5.74) is 16.8. The number of fused-ring (bicyclic) bond motifs is 3. The number of nitrogens with two attached hydrogens (primary N) is 1. The van der Waals surface area contributed by atoms with Gasteiger partial charge in [-0.1, -0.05) is 115 Å². The van der Waals surface area contributed by atoms with Crippen LogP contribution in [0.25, 0.3) is 11.1 Å². The number of amides is 1. The van der Waals surface area contributed by atoms with Crippen LogP contribution >= 0.6 is 0 Å². The van der Waals surface area contributed by atoms with Gasteiger partial charge in [0.05, 0.1) is 20.3 Å². The maximum absolute atomic E-state index is 14.3. The molecule has 1 aliphatic carbocycles. The third-order valence-corrected chi connectivity index (χ3v) is 10.1. The van der Waals surface area contributed by atoms with Crippen molar-refractivity contribution in [2.75, 3.05) is 27.9 Å². The number of rotatable bonds is 14. The third kappa shape index (κ3) is 7.66. The molecule has 278 valence electrons. The Balaban J connectivity index is 1.09. The molecule has 1 atom stereocenters. The van der Waals surface area contributed by atoms with Gasteiger partial charge in [0.2, 0.25) is 0 Å². The lowest BCUT2D eigenvalue weighted by Crippen LogP contribution is -2.47. The minimum Gasteiger partial charge on any atom is -0.497 e. The summed E-state index contributed by atoms with van der Waals surface area (Å²) in [6.07, 6.45) is 0.760. The van der Waals surface area contributed by atoms with Crippen LogP contribution in [0.4, 0.5) is 0 Å². The average molecular weight is 734 g/mol. The first-order valence-electron chi connectivity index (χ1n) is 18.0. The van der Waals surface area contributed by atoms with Gasteiger partial charge in [-0.2, -0.15) is 0 Å². The zero-order chi connectivity index (χ0) is 38.4.